The number of esters is 3. The number of hydrogen-bond donors (Lipinski definition) is 0. The third-order valence-electron chi connectivity index (χ3n) is 14.7. The van der Waals surface area contributed by atoms with Crippen LogP contribution in [0.4, 0.5) is 0 Å². The Kier molecular flexibility index (Phi) is 65.2. The highest BCUT2D eigenvalue weighted by molar-refractivity contribution is 5.71. The molecule has 0 aliphatic heterocycles. The van der Waals surface area contributed by atoms with E-state index in [0.29, 0.717) is 19.3 Å². The third-order valence-corrected chi connectivity index (χ3v) is 14.7. The molecule has 0 aromatic carbocycles. The van der Waals surface area contributed by atoms with Gasteiger partial charge in [0.2, 0.25) is 0 Å². The smallest absolute Gasteiger partial charge is 0.306 e. The summed E-state index contributed by atoms with van der Waals surface area (Å²) in [5, 5.41) is 0. The third kappa shape index (κ3) is 66.8. The first-order valence-electron chi connectivity index (χ1n) is 34.4. The van der Waals surface area contributed by atoms with Crippen molar-refractivity contribution in [1.82, 2.24) is 0 Å². The monoisotopic (exact) mass is 1120 g/mol. The second kappa shape index (κ2) is 68.6. The van der Waals surface area contributed by atoms with Crippen LogP contribution in [0.3, 0.4) is 0 Å². The number of allylic oxidation sites excluding steroid dienone is 18. The van der Waals surface area contributed by atoms with Crippen LogP contribution in [0.25, 0.3) is 0 Å². The van der Waals surface area contributed by atoms with E-state index in [4.69, 9.17) is 14.2 Å². The normalized spacial score (nSPS) is 12.8. The zero-order valence-corrected chi connectivity index (χ0v) is 53.3. The van der Waals surface area contributed by atoms with Crippen LogP contribution in [0.2, 0.25) is 0 Å². The first-order valence-corrected chi connectivity index (χ1v) is 34.4. The SMILES string of the molecule is CC/C=C\C/C=C\C/C=C\C/C=C\C/C=C\CCCCCC(=O)OCC(COC(=O)CCCCCCCCCCCCC/C=C\C/C=C\CCCCCCC)OC(=O)CCCCCCCCCCC/C=C\C/C=C\CCCCCCC. The van der Waals surface area contributed by atoms with E-state index in [0.717, 1.165) is 109 Å². The highest BCUT2D eigenvalue weighted by Crippen LogP contribution is 2.16. The van der Waals surface area contributed by atoms with Crippen molar-refractivity contribution in [3.8, 4) is 0 Å². The molecule has 6 nitrogen and oxygen atoms in total. The molecule has 0 N–H and O–H groups in total. The Bertz CT molecular complexity index is 1620. The van der Waals surface area contributed by atoms with Crippen LogP contribution in [0.15, 0.2) is 109 Å². The van der Waals surface area contributed by atoms with Gasteiger partial charge in [-0.3, -0.25) is 14.4 Å². The minimum atomic E-state index is -0.799. The van der Waals surface area contributed by atoms with Gasteiger partial charge in [-0.15, -0.1) is 0 Å². The van der Waals surface area contributed by atoms with Crippen molar-refractivity contribution in [2.75, 3.05) is 13.2 Å². The first-order chi connectivity index (χ1) is 40.0. The van der Waals surface area contributed by atoms with Crippen molar-refractivity contribution >= 4 is 17.9 Å². The standard InChI is InChI=1S/C75H128O6/c1-4-7-10-13-16-19-22-25-28-31-34-36-37-39-41-44-47-50-53-56-59-62-65-68-74(77)80-71-72(70-79-73(76)67-64-61-58-55-52-49-46-43-40-33-30-27-24-21-18-15-12-9-6-3)81-75(78)69-66-63-60-57-54-51-48-45-42-38-35-32-29-26-23-20-17-14-11-8-5-2/h9,12,18,21-23,25-27,30-32,34-35,40,43,49,52,72H,4-8,10-11,13-17,19-20,24,28-29,33,36-39,41-42,44-48,50-51,53-71H2,1-3H3/b12-9-,21-18-,25-22-,26-23-,30-27-,34-31-,35-32-,43-40-,52-49-. The van der Waals surface area contributed by atoms with E-state index >= 15 is 0 Å². The van der Waals surface area contributed by atoms with Crippen molar-refractivity contribution in [3.63, 3.8) is 0 Å². The summed E-state index contributed by atoms with van der Waals surface area (Å²) >= 11 is 0. The van der Waals surface area contributed by atoms with Gasteiger partial charge in [0.05, 0.1) is 0 Å². The molecular formula is C75H128O6. The summed E-state index contributed by atoms with van der Waals surface area (Å²) in [7, 11) is 0. The zero-order valence-electron chi connectivity index (χ0n) is 53.3. The van der Waals surface area contributed by atoms with Gasteiger partial charge in [0.25, 0.3) is 0 Å². The van der Waals surface area contributed by atoms with Crippen LogP contribution in [0.5, 0.6) is 0 Å². The van der Waals surface area contributed by atoms with Gasteiger partial charge in [-0.25, -0.2) is 0 Å². The van der Waals surface area contributed by atoms with E-state index in [2.05, 4.69) is 130 Å². The van der Waals surface area contributed by atoms with Crippen molar-refractivity contribution in [1.29, 1.82) is 0 Å². The fourth-order valence-corrected chi connectivity index (χ4v) is 9.59. The lowest BCUT2D eigenvalue weighted by atomic mass is 10.0. The summed E-state index contributed by atoms with van der Waals surface area (Å²) in [6.07, 6.45) is 93.8. The lowest BCUT2D eigenvalue weighted by Crippen LogP contribution is -2.30. The summed E-state index contributed by atoms with van der Waals surface area (Å²) in [6.45, 7) is 6.51. The maximum Gasteiger partial charge on any atom is 0.306 e. The Morgan fingerprint density at radius 1 is 0.259 bits per heavy atom. The van der Waals surface area contributed by atoms with Crippen molar-refractivity contribution in [2.45, 2.75) is 335 Å². The van der Waals surface area contributed by atoms with E-state index in [1.807, 2.05) is 0 Å². The minimum absolute atomic E-state index is 0.0916. The number of unbranched alkanes of at least 4 members (excludes halogenated alkanes) is 33. The number of hydrogen-bond acceptors (Lipinski definition) is 6. The highest BCUT2D eigenvalue weighted by atomic mass is 16.6. The Hall–Kier alpha value is -3.93. The minimum Gasteiger partial charge on any atom is -0.462 e. The molecule has 0 aromatic heterocycles. The van der Waals surface area contributed by atoms with Gasteiger partial charge in [0.1, 0.15) is 13.2 Å². The number of carbonyl (C=O) groups excluding carboxylic acids is 3. The molecule has 0 heterocycles. The van der Waals surface area contributed by atoms with E-state index in [-0.39, 0.29) is 31.1 Å². The second-order valence-corrected chi connectivity index (χ2v) is 22.7. The predicted octanol–water partition coefficient (Wildman–Crippen LogP) is 23.8. The predicted molar refractivity (Wildman–Crippen MR) is 353 cm³/mol. The summed E-state index contributed by atoms with van der Waals surface area (Å²) < 4.78 is 17.0. The van der Waals surface area contributed by atoms with Gasteiger partial charge in [0.15, 0.2) is 6.10 Å². The molecule has 0 saturated carbocycles. The Morgan fingerprint density at radius 2 is 0.481 bits per heavy atom. The molecule has 0 spiro atoms. The quantitative estimate of drug-likeness (QED) is 0.0261. The first kappa shape index (κ1) is 77.1. The van der Waals surface area contributed by atoms with Gasteiger partial charge in [-0.1, -0.05) is 291 Å². The lowest BCUT2D eigenvalue weighted by molar-refractivity contribution is -0.167. The number of carbonyl (C=O) groups is 3. The molecule has 1 unspecified atom stereocenters. The van der Waals surface area contributed by atoms with Crippen LogP contribution in [-0.2, 0) is 28.6 Å². The Labute approximate surface area is 501 Å². The van der Waals surface area contributed by atoms with Crippen LogP contribution in [0, 0.1) is 0 Å². The van der Waals surface area contributed by atoms with E-state index in [9.17, 15) is 14.4 Å². The van der Waals surface area contributed by atoms with Crippen LogP contribution in [0.1, 0.15) is 329 Å². The van der Waals surface area contributed by atoms with Crippen molar-refractivity contribution in [2.24, 2.45) is 0 Å². The van der Waals surface area contributed by atoms with Gasteiger partial charge in [-0.05, 0) is 128 Å². The summed E-state index contributed by atoms with van der Waals surface area (Å²) in [4.78, 5) is 38.5. The molecule has 0 rings (SSSR count). The van der Waals surface area contributed by atoms with Crippen LogP contribution >= 0.6 is 0 Å². The molecular weight excluding hydrogens is 997 g/mol. The average molecular weight is 1130 g/mol. The molecule has 464 valence electrons. The topological polar surface area (TPSA) is 78.9 Å². The van der Waals surface area contributed by atoms with E-state index in [1.54, 1.807) is 0 Å². The second-order valence-electron chi connectivity index (χ2n) is 22.7. The van der Waals surface area contributed by atoms with Gasteiger partial charge in [0, 0.05) is 19.3 Å². The van der Waals surface area contributed by atoms with Crippen molar-refractivity contribution < 1.29 is 28.6 Å². The lowest BCUT2D eigenvalue weighted by Gasteiger charge is -2.18. The molecule has 1 atom stereocenters. The summed E-state index contributed by atoms with van der Waals surface area (Å²) in [5.74, 6) is -0.920. The zero-order chi connectivity index (χ0) is 58.5. The van der Waals surface area contributed by atoms with Gasteiger partial charge >= 0.3 is 17.9 Å². The molecule has 0 fully saturated rings. The molecule has 81 heavy (non-hydrogen) atoms. The molecule has 0 bridgehead atoms. The maximum atomic E-state index is 13.0. The van der Waals surface area contributed by atoms with Gasteiger partial charge in [-0.2, -0.15) is 0 Å². The largest absolute Gasteiger partial charge is 0.462 e. The fraction of sp³-hybridized carbons (Fsp3) is 0.720. The average Bonchev–Trinajstić information content (AvgIpc) is 3.47. The molecule has 0 aliphatic carbocycles. The van der Waals surface area contributed by atoms with Crippen molar-refractivity contribution in [3.05, 3.63) is 109 Å². The van der Waals surface area contributed by atoms with E-state index < -0.39 is 6.10 Å². The molecule has 0 aromatic rings. The molecule has 0 radical (unpaired) electrons. The highest BCUT2D eigenvalue weighted by Gasteiger charge is 2.19. The fourth-order valence-electron chi connectivity index (χ4n) is 9.59. The molecule has 0 aliphatic rings. The van der Waals surface area contributed by atoms with E-state index in [1.165, 1.54) is 180 Å². The van der Waals surface area contributed by atoms with Crippen LogP contribution < -0.4 is 0 Å². The Balaban J connectivity index is 4.43. The molecule has 6 heteroatoms. The summed E-state index contributed by atoms with van der Waals surface area (Å²) in [6, 6.07) is 0. The number of rotatable bonds is 62. The molecule has 0 amide bonds. The Morgan fingerprint density at radius 3 is 0.765 bits per heavy atom. The summed E-state index contributed by atoms with van der Waals surface area (Å²) in [5.41, 5.74) is 0. The van der Waals surface area contributed by atoms with Crippen LogP contribution in [-0.4, -0.2) is 37.2 Å². The number of ether oxygens (including phenoxy) is 3. The maximum absolute atomic E-state index is 13.0. The van der Waals surface area contributed by atoms with Gasteiger partial charge < -0.3 is 14.2 Å². The molecule has 0 saturated heterocycles.